The van der Waals surface area contributed by atoms with Gasteiger partial charge in [0.25, 0.3) is 5.91 Å². The van der Waals surface area contributed by atoms with E-state index in [1.54, 1.807) is 22.3 Å². The Hall–Kier alpha value is -2.08. The summed E-state index contributed by atoms with van der Waals surface area (Å²) in [4.78, 5) is 29.3. The van der Waals surface area contributed by atoms with Crippen molar-refractivity contribution in [3.05, 3.63) is 41.0 Å². The van der Waals surface area contributed by atoms with Gasteiger partial charge < -0.3 is 14.2 Å². The molecule has 0 N–H and O–H groups in total. The van der Waals surface area contributed by atoms with Gasteiger partial charge in [-0.2, -0.15) is 11.3 Å². The normalized spacial score (nSPS) is 27.3. The topological polar surface area (TPSA) is 53.8 Å². The van der Waals surface area contributed by atoms with Crippen molar-refractivity contribution in [1.82, 2.24) is 4.90 Å². The van der Waals surface area contributed by atoms with Crippen molar-refractivity contribution < 1.29 is 14.0 Å². The largest absolute Gasteiger partial charge is 0.472 e. The third-order valence-corrected chi connectivity index (χ3v) is 5.91. The van der Waals surface area contributed by atoms with Crippen LogP contribution in [0.25, 0.3) is 0 Å². The van der Waals surface area contributed by atoms with Gasteiger partial charge in [0.1, 0.15) is 6.26 Å². The maximum atomic E-state index is 13.1. The number of amides is 2. The van der Waals surface area contributed by atoms with Crippen molar-refractivity contribution >= 4 is 28.8 Å². The van der Waals surface area contributed by atoms with Crippen LogP contribution >= 0.6 is 11.3 Å². The van der Waals surface area contributed by atoms with E-state index in [0.29, 0.717) is 18.7 Å². The second-order valence-corrected chi connectivity index (χ2v) is 7.22. The van der Waals surface area contributed by atoms with Crippen LogP contribution in [0.1, 0.15) is 23.7 Å². The lowest BCUT2D eigenvalue weighted by atomic mass is 9.78. The molecule has 2 aliphatic rings. The number of hydrogen-bond donors (Lipinski definition) is 0. The summed E-state index contributed by atoms with van der Waals surface area (Å²) in [6.45, 7) is 3.93. The number of nitrogens with zero attached hydrogens (tertiary/aromatic N) is 2. The van der Waals surface area contributed by atoms with Crippen molar-refractivity contribution in [2.75, 3.05) is 24.5 Å². The average molecular weight is 330 g/mol. The van der Waals surface area contributed by atoms with Gasteiger partial charge in [-0.1, -0.05) is 6.92 Å². The highest BCUT2D eigenvalue weighted by atomic mass is 32.1. The van der Waals surface area contributed by atoms with Crippen molar-refractivity contribution in [1.29, 1.82) is 0 Å². The van der Waals surface area contributed by atoms with Crippen LogP contribution in [0.2, 0.25) is 0 Å². The molecule has 4 rings (SSSR count). The van der Waals surface area contributed by atoms with Crippen LogP contribution < -0.4 is 4.90 Å². The highest BCUT2D eigenvalue weighted by Crippen LogP contribution is 2.46. The summed E-state index contributed by atoms with van der Waals surface area (Å²) < 4.78 is 5.00. The van der Waals surface area contributed by atoms with Crippen LogP contribution in [0.15, 0.2) is 39.8 Å². The highest BCUT2D eigenvalue weighted by Gasteiger charge is 2.56. The minimum Gasteiger partial charge on any atom is -0.472 e. The van der Waals surface area contributed by atoms with E-state index in [4.69, 9.17) is 4.42 Å². The maximum Gasteiger partial charge on any atom is 0.257 e. The molecule has 5 nitrogen and oxygen atoms in total. The Kier molecular flexibility index (Phi) is 3.30. The SMILES string of the molecule is C[C@@H]1CN(C(=O)c2ccoc2)C[C@]12CCN(c1ccsc1)C2=O. The Morgan fingerprint density at radius 2 is 2.30 bits per heavy atom. The predicted molar refractivity (Wildman–Crippen MR) is 87.5 cm³/mol. The van der Waals surface area contributed by atoms with E-state index in [0.717, 1.165) is 18.7 Å². The van der Waals surface area contributed by atoms with Gasteiger partial charge in [0, 0.05) is 25.0 Å². The Morgan fingerprint density at radius 1 is 1.43 bits per heavy atom. The van der Waals surface area contributed by atoms with E-state index in [1.807, 2.05) is 21.7 Å². The van der Waals surface area contributed by atoms with Crippen molar-refractivity contribution in [3.63, 3.8) is 0 Å². The zero-order chi connectivity index (χ0) is 16.0. The van der Waals surface area contributed by atoms with Gasteiger partial charge in [0.2, 0.25) is 5.91 Å². The summed E-state index contributed by atoms with van der Waals surface area (Å²) in [5.41, 5.74) is 1.08. The average Bonchev–Trinajstić information content (AvgIpc) is 3.31. The fraction of sp³-hybridized carbons (Fsp3) is 0.412. The number of carbonyl (C=O) groups is 2. The highest BCUT2D eigenvalue weighted by molar-refractivity contribution is 7.08. The van der Waals surface area contributed by atoms with E-state index < -0.39 is 5.41 Å². The van der Waals surface area contributed by atoms with Crippen LogP contribution in [0.4, 0.5) is 5.69 Å². The molecule has 2 saturated heterocycles. The first-order valence-corrected chi connectivity index (χ1v) is 8.72. The number of carbonyl (C=O) groups excluding carboxylic acids is 2. The zero-order valence-corrected chi connectivity index (χ0v) is 13.7. The molecule has 2 atom stereocenters. The van der Waals surface area contributed by atoms with Crippen LogP contribution in [0.5, 0.6) is 0 Å². The lowest BCUT2D eigenvalue weighted by Crippen LogP contribution is -2.40. The van der Waals surface area contributed by atoms with Gasteiger partial charge in [-0.3, -0.25) is 9.59 Å². The molecule has 0 aliphatic carbocycles. The molecule has 1 spiro atoms. The van der Waals surface area contributed by atoms with Crippen molar-refractivity contribution in [2.24, 2.45) is 11.3 Å². The van der Waals surface area contributed by atoms with E-state index in [-0.39, 0.29) is 17.7 Å². The number of likely N-dealkylation sites (tertiary alicyclic amines) is 1. The van der Waals surface area contributed by atoms with Crippen LogP contribution in [-0.4, -0.2) is 36.3 Å². The number of anilines is 1. The summed E-state index contributed by atoms with van der Waals surface area (Å²) in [6.07, 6.45) is 3.77. The van der Waals surface area contributed by atoms with Crippen LogP contribution in [-0.2, 0) is 4.79 Å². The van der Waals surface area contributed by atoms with Crippen molar-refractivity contribution in [3.8, 4) is 0 Å². The lowest BCUT2D eigenvalue weighted by Gasteiger charge is -2.26. The molecular formula is C17H18N2O3S. The summed E-state index contributed by atoms with van der Waals surface area (Å²) in [7, 11) is 0. The quantitative estimate of drug-likeness (QED) is 0.851. The fourth-order valence-electron chi connectivity index (χ4n) is 3.84. The molecule has 0 saturated carbocycles. The summed E-state index contributed by atoms with van der Waals surface area (Å²) in [5, 5.41) is 3.99. The second-order valence-electron chi connectivity index (χ2n) is 6.44. The van der Waals surface area contributed by atoms with Crippen molar-refractivity contribution in [2.45, 2.75) is 13.3 Å². The predicted octanol–water partition coefficient (Wildman–Crippen LogP) is 2.86. The molecule has 120 valence electrons. The Balaban J connectivity index is 1.58. The number of furan rings is 1. The fourth-order valence-corrected chi connectivity index (χ4v) is 4.48. The second kappa shape index (κ2) is 5.23. The maximum absolute atomic E-state index is 13.1. The summed E-state index contributed by atoms with van der Waals surface area (Å²) in [5.74, 6) is 0.268. The van der Waals surface area contributed by atoms with E-state index in [2.05, 4.69) is 6.92 Å². The van der Waals surface area contributed by atoms with Gasteiger partial charge in [-0.25, -0.2) is 0 Å². The lowest BCUT2D eigenvalue weighted by molar-refractivity contribution is -0.126. The smallest absolute Gasteiger partial charge is 0.257 e. The first-order chi connectivity index (χ1) is 11.1. The molecule has 2 aromatic rings. The minimum absolute atomic E-state index is 0.0516. The molecule has 0 unspecified atom stereocenters. The Morgan fingerprint density at radius 3 is 3.00 bits per heavy atom. The third-order valence-electron chi connectivity index (χ3n) is 5.24. The standard InChI is InChI=1S/C17H18N2O3S/c1-12-8-18(15(20)13-2-6-22-9-13)11-17(12)4-5-19(16(17)21)14-3-7-23-10-14/h2-3,6-7,9-10,12H,4-5,8,11H2,1H3/t12-,17-/m1/s1. The monoisotopic (exact) mass is 330 g/mol. The molecule has 2 fully saturated rings. The van der Waals surface area contributed by atoms with E-state index in [1.165, 1.54) is 12.5 Å². The first-order valence-electron chi connectivity index (χ1n) is 7.77. The molecule has 0 bridgehead atoms. The van der Waals surface area contributed by atoms with Gasteiger partial charge in [0.15, 0.2) is 0 Å². The summed E-state index contributed by atoms with van der Waals surface area (Å²) in [6, 6.07) is 3.65. The molecule has 2 aromatic heterocycles. The van der Waals surface area contributed by atoms with Crippen LogP contribution in [0, 0.1) is 11.3 Å². The van der Waals surface area contributed by atoms with Gasteiger partial charge in [0.05, 0.1) is 22.9 Å². The van der Waals surface area contributed by atoms with E-state index >= 15 is 0 Å². The molecule has 0 aromatic carbocycles. The van der Waals surface area contributed by atoms with Crippen LogP contribution in [0.3, 0.4) is 0 Å². The molecule has 2 aliphatic heterocycles. The third kappa shape index (κ3) is 2.12. The Bertz CT molecular complexity index is 725. The molecular weight excluding hydrogens is 312 g/mol. The van der Waals surface area contributed by atoms with E-state index in [9.17, 15) is 9.59 Å². The zero-order valence-electron chi connectivity index (χ0n) is 12.9. The van der Waals surface area contributed by atoms with Gasteiger partial charge >= 0.3 is 0 Å². The first kappa shape index (κ1) is 14.5. The van der Waals surface area contributed by atoms with Gasteiger partial charge in [-0.05, 0) is 29.9 Å². The van der Waals surface area contributed by atoms with Gasteiger partial charge in [-0.15, -0.1) is 0 Å². The molecule has 6 heteroatoms. The minimum atomic E-state index is -0.443. The number of hydrogen-bond acceptors (Lipinski definition) is 4. The molecule has 23 heavy (non-hydrogen) atoms. The molecule has 4 heterocycles. The number of rotatable bonds is 2. The Labute approximate surface area is 138 Å². The number of thiophene rings is 1. The molecule has 2 amide bonds. The summed E-state index contributed by atoms with van der Waals surface area (Å²) >= 11 is 1.60. The molecule has 0 radical (unpaired) electrons.